The van der Waals surface area contributed by atoms with E-state index in [-0.39, 0.29) is 5.41 Å². The SMILES string of the molecule is CN(C)c1nnc(SCCC(C)(C)C#N)s1. The Hall–Kier alpha value is -0.800. The summed E-state index contributed by atoms with van der Waals surface area (Å²) in [6, 6.07) is 2.30. The van der Waals surface area contributed by atoms with Gasteiger partial charge in [0.05, 0.1) is 11.5 Å². The summed E-state index contributed by atoms with van der Waals surface area (Å²) in [6.07, 6.45) is 0.866. The lowest BCUT2D eigenvalue weighted by Crippen LogP contribution is -2.08. The third kappa shape index (κ3) is 3.99. The second-order valence-electron chi connectivity index (χ2n) is 4.34. The van der Waals surface area contributed by atoms with E-state index >= 15 is 0 Å². The lowest BCUT2D eigenvalue weighted by Gasteiger charge is -2.12. The number of aromatic nitrogens is 2. The molecule has 6 heteroatoms. The fourth-order valence-electron chi connectivity index (χ4n) is 0.891. The highest BCUT2D eigenvalue weighted by atomic mass is 32.2. The van der Waals surface area contributed by atoms with Gasteiger partial charge in [0, 0.05) is 19.8 Å². The van der Waals surface area contributed by atoms with Crippen molar-refractivity contribution in [3.05, 3.63) is 0 Å². The minimum absolute atomic E-state index is 0.248. The first kappa shape index (κ1) is 13.3. The van der Waals surface area contributed by atoms with E-state index in [1.807, 2.05) is 32.8 Å². The largest absolute Gasteiger partial charge is 0.353 e. The third-order valence-corrected chi connectivity index (χ3v) is 4.26. The maximum atomic E-state index is 8.88. The van der Waals surface area contributed by atoms with Crippen molar-refractivity contribution in [2.75, 3.05) is 24.7 Å². The molecule has 0 radical (unpaired) electrons. The molecule has 0 aliphatic carbocycles. The van der Waals surface area contributed by atoms with E-state index in [0.29, 0.717) is 0 Å². The number of hydrogen-bond donors (Lipinski definition) is 0. The molecule has 1 aromatic heterocycles. The Morgan fingerprint density at radius 3 is 2.62 bits per heavy atom. The van der Waals surface area contributed by atoms with E-state index < -0.39 is 0 Å². The Bertz CT molecular complexity index is 378. The van der Waals surface area contributed by atoms with Crippen LogP contribution in [0.1, 0.15) is 20.3 Å². The van der Waals surface area contributed by atoms with Crippen LogP contribution in [0.15, 0.2) is 4.34 Å². The van der Waals surface area contributed by atoms with Gasteiger partial charge in [-0.2, -0.15) is 5.26 Å². The summed E-state index contributed by atoms with van der Waals surface area (Å²) in [5, 5.41) is 17.9. The predicted octanol–water partition coefficient (Wildman–Crippen LogP) is 2.64. The van der Waals surface area contributed by atoms with Crippen molar-refractivity contribution in [3.63, 3.8) is 0 Å². The molecule has 0 spiro atoms. The van der Waals surface area contributed by atoms with Crippen LogP contribution >= 0.6 is 23.1 Å². The first-order chi connectivity index (χ1) is 7.44. The highest BCUT2D eigenvalue weighted by Gasteiger charge is 2.16. The quantitative estimate of drug-likeness (QED) is 0.758. The Morgan fingerprint density at radius 1 is 1.44 bits per heavy atom. The molecule has 88 valence electrons. The molecule has 0 aromatic carbocycles. The summed E-state index contributed by atoms with van der Waals surface area (Å²) < 4.78 is 0.970. The van der Waals surface area contributed by atoms with Gasteiger partial charge in [-0.05, 0) is 20.3 Å². The molecule has 0 amide bonds. The van der Waals surface area contributed by atoms with Crippen LogP contribution in [0.2, 0.25) is 0 Å². The molecule has 0 atom stereocenters. The molecule has 0 aliphatic rings. The Kier molecular flexibility index (Phi) is 4.56. The monoisotopic (exact) mass is 256 g/mol. The van der Waals surface area contributed by atoms with E-state index in [2.05, 4.69) is 16.3 Å². The van der Waals surface area contributed by atoms with Gasteiger partial charge in [0.15, 0.2) is 4.34 Å². The molecular formula is C10H16N4S2. The third-order valence-electron chi connectivity index (χ3n) is 2.03. The number of nitrogens with zero attached hydrogens (tertiary/aromatic N) is 4. The second kappa shape index (κ2) is 5.51. The zero-order valence-corrected chi connectivity index (χ0v) is 11.7. The molecular weight excluding hydrogens is 240 g/mol. The molecule has 0 bridgehead atoms. The van der Waals surface area contributed by atoms with E-state index in [4.69, 9.17) is 5.26 Å². The van der Waals surface area contributed by atoms with E-state index in [0.717, 1.165) is 21.6 Å². The minimum atomic E-state index is -0.248. The number of thioether (sulfide) groups is 1. The standard InChI is InChI=1S/C10H16N4S2/c1-10(2,7-11)5-6-15-9-13-12-8(16-9)14(3)4/h5-6H2,1-4H3. The maximum Gasteiger partial charge on any atom is 0.208 e. The van der Waals surface area contributed by atoms with Crippen molar-refractivity contribution in [3.8, 4) is 6.07 Å². The lowest BCUT2D eigenvalue weighted by molar-refractivity contribution is 0.482. The molecule has 0 unspecified atom stereocenters. The van der Waals surface area contributed by atoms with Gasteiger partial charge in [-0.15, -0.1) is 10.2 Å². The summed E-state index contributed by atoms with van der Waals surface area (Å²) in [5.41, 5.74) is -0.248. The van der Waals surface area contributed by atoms with E-state index in [1.54, 1.807) is 23.1 Å². The topological polar surface area (TPSA) is 52.8 Å². The molecule has 0 N–H and O–H groups in total. The van der Waals surface area contributed by atoms with Crippen LogP contribution in [0, 0.1) is 16.7 Å². The lowest BCUT2D eigenvalue weighted by atomic mass is 9.93. The molecule has 1 heterocycles. The average Bonchev–Trinajstić information content (AvgIpc) is 2.66. The van der Waals surface area contributed by atoms with Crippen molar-refractivity contribution in [1.82, 2.24) is 10.2 Å². The van der Waals surface area contributed by atoms with E-state index in [1.165, 1.54) is 0 Å². The Balaban J connectivity index is 2.41. The van der Waals surface area contributed by atoms with Crippen LogP contribution in [-0.2, 0) is 0 Å². The number of anilines is 1. The number of rotatable bonds is 5. The molecule has 1 aromatic rings. The van der Waals surface area contributed by atoms with Gasteiger partial charge in [-0.1, -0.05) is 23.1 Å². The molecule has 0 saturated carbocycles. The molecule has 0 fully saturated rings. The van der Waals surface area contributed by atoms with Crippen molar-refractivity contribution >= 4 is 28.2 Å². The molecule has 16 heavy (non-hydrogen) atoms. The zero-order chi connectivity index (χ0) is 12.2. The second-order valence-corrected chi connectivity index (χ2v) is 6.64. The summed E-state index contributed by atoms with van der Waals surface area (Å²) >= 11 is 3.25. The number of hydrogen-bond acceptors (Lipinski definition) is 6. The highest BCUT2D eigenvalue weighted by Crippen LogP contribution is 2.30. The van der Waals surface area contributed by atoms with Gasteiger partial charge in [-0.3, -0.25) is 0 Å². The van der Waals surface area contributed by atoms with Crippen LogP contribution in [0.25, 0.3) is 0 Å². The van der Waals surface area contributed by atoms with Gasteiger partial charge in [0.25, 0.3) is 0 Å². The van der Waals surface area contributed by atoms with Gasteiger partial charge >= 0.3 is 0 Å². The van der Waals surface area contributed by atoms with Crippen LogP contribution in [0.5, 0.6) is 0 Å². The van der Waals surface area contributed by atoms with Gasteiger partial charge in [0.1, 0.15) is 0 Å². The van der Waals surface area contributed by atoms with Crippen molar-refractivity contribution in [2.24, 2.45) is 5.41 Å². The average molecular weight is 256 g/mol. The maximum absolute atomic E-state index is 8.88. The predicted molar refractivity (Wildman–Crippen MR) is 69.0 cm³/mol. The van der Waals surface area contributed by atoms with Crippen LogP contribution in [0.4, 0.5) is 5.13 Å². The first-order valence-corrected chi connectivity index (χ1v) is 6.80. The molecule has 0 saturated heterocycles. The Labute approximate surface area is 105 Å². The minimum Gasteiger partial charge on any atom is -0.353 e. The summed E-state index contributed by atoms with van der Waals surface area (Å²) in [6.45, 7) is 3.91. The van der Waals surface area contributed by atoms with Crippen LogP contribution in [-0.4, -0.2) is 30.0 Å². The highest BCUT2D eigenvalue weighted by molar-refractivity contribution is 8.01. The van der Waals surface area contributed by atoms with Crippen molar-refractivity contribution in [1.29, 1.82) is 5.26 Å². The zero-order valence-electron chi connectivity index (χ0n) is 10.0. The fraction of sp³-hybridized carbons (Fsp3) is 0.700. The van der Waals surface area contributed by atoms with Gasteiger partial charge in [0.2, 0.25) is 5.13 Å². The van der Waals surface area contributed by atoms with Gasteiger partial charge in [-0.25, -0.2) is 0 Å². The normalized spacial score (nSPS) is 11.2. The smallest absolute Gasteiger partial charge is 0.208 e. The van der Waals surface area contributed by atoms with Crippen LogP contribution in [0.3, 0.4) is 0 Å². The van der Waals surface area contributed by atoms with Crippen molar-refractivity contribution in [2.45, 2.75) is 24.6 Å². The fourth-order valence-corrected chi connectivity index (χ4v) is 2.99. The molecule has 4 nitrogen and oxygen atoms in total. The van der Waals surface area contributed by atoms with Gasteiger partial charge < -0.3 is 4.90 Å². The summed E-state index contributed by atoms with van der Waals surface area (Å²) in [5.74, 6) is 0.905. The van der Waals surface area contributed by atoms with Crippen molar-refractivity contribution < 1.29 is 0 Å². The number of nitriles is 1. The molecule has 0 aliphatic heterocycles. The Morgan fingerprint density at radius 2 is 2.12 bits per heavy atom. The van der Waals surface area contributed by atoms with E-state index in [9.17, 15) is 0 Å². The molecule has 1 rings (SSSR count). The summed E-state index contributed by atoms with van der Waals surface area (Å²) in [7, 11) is 3.90. The first-order valence-electron chi connectivity index (χ1n) is 4.99. The summed E-state index contributed by atoms with van der Waals surface area (Å²) in [4.78, 5) is 1.95. The van der Waals surface area contributed by atoms with Crippen LogP contribution < -0.4 is 4.90 Å².